The molecule has 0 saturated carbocycles. The van der Waals surface area contributed by atoms with Crippen LogP contribution in [0.25, 0.3) is 0 Å². The van der Waals surface area contributed by atoms with E-state index in [0.29, 0.717) is 12.3 Å². The largest absolute Gasteiger partial charge is 0.392 e. The summed E-state index contributed by atoms with van der Waals surface area (Å²) >= 11 is 0. The van der Waals surface area contributed by atoms with E-state index in [1.807, 2.05) is 7.05 Å². The first-order valence-corrected chi connectivity index (χ1v) is 5.43. The second-order valence-electron chi connectivity index (χ2n) is 4.12. The summed E-state index contributed by atoms with van der Waals surface area (Å²) in [6.45, 7) is 0. The first kappa shape index (κ1) is 10.4. The van der Waals surface area contributed by atoms with Gasteiger partial charge in [-0.05, 0) is 25.2 Å². The second kappa shape index (κ2) is 4.57. The zero-order valence-corrected chi connectivity index (χ0v) is 9.00. The third-order valence-electron chi connectivity index (χ3n) is 3.05. The van der Waals surface area contributed by atoms with Crippen molar-refractivity contribution in [1.29, 1.82) is 0 Å². The van der Waals surface area contributed by atoms with Crippen LogP contribution in [0.1, 0.15) is 25.1 Å². The summed E-state index contributed by atoms with van der Waals surface area (Å²) in [5, 5.41) is 14.1. The van der Waals surface area contributed by atoms with E-state index in [1.54, 1.807) is 4.68 Å². The van der Waals surface area contributed by atoms with Crippen LogP contribution in [-0.4, -0.2) is 26.0 Å². The molecule has 1 aliphatic rings. The number of hydrogen-bond acceptors (Lipinski definition) is 3. The van der Waals surface area contributed by atoms with Crippen molar-refractivity contribution in [2.45, 2.75) is 31.8 Å². The highest BCUT2D eigenvalue weighted by Gasteiger charge is 2.21. The molecular weight excluding hydrogens is 190 g/mol. The lowest BCUT2D eigenvalue weighted by Crippen LogP contribution is -2.25. The van der Waals surface area contributed by atoms with Crippen LogP contribution in [0, 0.1) is 5.92 Å². The van der Waals surface area contributed by atoms with E-state index in [-0.39, 0.29) is 6.10 Å². The van der Waals surface area contributed by atoms with Gasteiger partial charge in [-0.2, -0.15) is 5.10 Å². The SMILES string of the molecule is Cn1ncnc1CC(O)C1CC=CCC1. The predicted octanol–water partition coefficient (Wildman–Crippen LogP) is 1.07. The number of aryl methyl sites for hydroxylation is 1. The molecule has 0 radical (unpaired) electrons. The molecule has 82 valence electrons. The third-order valence-corrected chi connectivity index (χ3v) is 3.05. The van der Waals surface area contributed by atoms with Gasteiger partial charge in [0.05, 0.1) is 6.10 Å². The van der Waals surface area contributed by atoms with Crippen molar-refractivity contribution in [3.63, 3.8) is 0 Å². The zero-order valence-electron chi connectivity index (χ0n) is 9.00. The number of aromatic nitrogens is 3. The molecule has 0 saturated heterocycles. The predicted molar refractivity (Wildman–Crippen MR) is 57.2 cm³/mol. The van der Waals surface area contributed by atoms with Crippen LogP contribution in [0.3, 0.4) is 0 Å². The first-order valence-electron chi connectivity index (χ1n) is 5.43. The minimum atomic E-state index is -0.294. The highest BCUT2D eigenvalue weighted by molar-refractivity contribution is 4.95. The standard InChI is InChI=1S/C11H17N3O/c1-14-11(12-8-13-14)7-10(15)9-5-3-2-4-6-9/h2-3,8-10,15H,4-7H2,1H3. The summed E-state index contributed by atoms with van der Waals surface area (Å²) in [7, 11) is 1.86. The van der Waals surface area contributed by atoms with Gasteiger partial charge in [-0.15, -0.1) is 0 Å². The number of aliphatic hydroxyl groups excluding tert-OH is 1. The Hall–Kier alpha value is -1.16. The van der Waals surface area contributed by atoms with Gasteiger partial charge in [0.25, 0.3) is 0 Å². The maximum atomic E-state index is 10.1. The summed E-state index contributed by atoms with van der Waals surface area (Å²) in [5.74, 6) is 1.24. The highest BCUT2D eigenvalue weighted by atomic mass is 16.3. The van der Waals surface area contributed by atoms with Crippen molar-refractivity contribution < 1.29 is 5.11 Å². The molecule has 0 fully saturated rings. The normalized spacial score (nSPS) is 22.9. The van der Waals surface area contributed by atoms with Gasteiger partial charge in [0.15, 0.2) is 0 Å². The van der Waals surface area contributed by atoms with E-state index >= 15 is 0 Å². The van der Waals surface area contributed by atoms with E-state index in [9.17, 15) is 5.11 Å². The van der Waals surface area contributed by atoms with Crippen LogP contribution < -0.4 is 0 Å². The van der Waals surface area contributed by atoms with Crippen LogP contribution >= 0.6 is 0 Å². The molecule has 0 bridgehead atoms. The van der Waals surface area contributed by atoms with Gasteiger partial charge in [-0.1, -0.05) is 12.2 Å². The van der Waals surface area contributed by atoms with Crippen LogP contribution in [0.5, 0.6) is 0 Å². The minimum Gasteiger partial charge on any atom is -0.392 e. The number of nitrogens with zero attached hydrogens (tertiary/aromatic N) is 3. The van der Waals surface area contributed by atoms with Gasteiger partial charge in [-0.3, -0.25) is 4.68 Å². The summed E-state index contributed by atoms with van der Waals surface area (Å²) in [5.41, 5.74) is 0. The average molecular weight is 207 g/mol. The Morgan fingerprint density at radius 2 is 2.47 bits per heavy atom. The van der Waals surface area contributed by atoms with Gasteiger partial charge in [0, 0.05) is 13.5 Å². The Kier molecular flexibility index (Phi) is 3.16. The van der Waals surface area contributed by atoms with Gasteiger partial charge in [0.1, 0.15) is 12.2 Å². The Balaban J connectivity index is 1.94. The molecule has 1 aromatic heterocycles. The van der Waals surface area contributed by atoms with Crippen molar-refractivity contribution >= 4 is 0 Å². The molecular formula is C11H17N3O. The maximum Gasteiger partial charge on any atom is 0.138 e. The molecule has 15 heavy (non-hydrogen) atoms. The van der Waals surface area contributed by atoms with E-state index in [0.717, 1.165) is 25.1 Å². The van der Waals surface area contributed by atoms with E-state index in [2.05, 4.69) is 22.2 Å². The monoisotopic (exact) mass is 207 g/mol. The smallest absolute Gasteiger partial charge is 0.138 e. The molecule has 4 nitrogen and oxygen atoms in total. The van der Waals surface area contributed by atoms with Crippen molar-refractivity contribution in [2.75, 3.05) is 0 Å². The highest BCUT2D eigenvalue weighted by Crippen LogP contribution is 2.23. The minimum absolute atomic E-state index is 0.294. The van der Waals surface area contributed by atoms with E-state index in [4.69, 9.17) is 0 Å². The van der Waals surface area contributed by atoms with Crippen molar-refractivity contribution in [2.24, 2.45) is 13.0 Å². The lowest BCUT2D eigenvalue weighted by atomic mass is 9.88. The van der Waals surface area contributed by atoms with Crippen molar-refractivity contribution in [3.8, 4) is 0 Å². The molecule has 0 aromatic carbocycles. The van der Waals surface area contributed by atoms with Crippen LogP contribution in [0.15, 0.2) is 18.5 Å². The Labute approximate surface area is 89.6 Å². The topological polar surface area (TPSA) is 50.9 Å². The lowest BCUT2D eigenvalue weighted by molar-refractivity contribution is 0.0993. The number of rotatable bonds is 3. The molecule has 2 atom stereocenters. The summed E-state index contributed by atoms with van der Waals surface area (Å²) in [6, 6.07) is 0. The van der Waals surface area contributed by atoms with Gasteiger partial charge in [-0.25, -0.2) is 4.98 Å². The maximum absolute atomic E-state index is 10.1. The molecule has 1 aliphatic carbocycles. The van der Waals surface area contributed by atoms with Gasteiger partial charge >= 0.3 is 0 Å². The fourth-order valence-electron chi connectivity index (χ4n) is 2.03. The fraction of sp³-hybridized carbons (Fsp3) is 0.636. The molecule has 4 heteroatoms. The first-order chi connectivity index (χ1) is 7.27. The average Bonchev–Trinajstić information content (AvgIpc) is 2.66. The molecule has 0 aliphatic heterocycles. The van der Waals surface area contributed by atoms with E-state index in [1.165, 1.54) is 6.33 Å². The second-order valence-corrected chi connectivity index (χ2v) is 4.12. The number of hydrogen-bond donors (Lipinski definition) is 1. The van der Waals surface area contributed by atoms with Crippen LogP contribution in [0.2, 0.25) is 0 Å². The van der Waals surface area contributed by atoms with Crippen LogP contribution in [-0.2, 0) is 13.5 Å². The van der Waals surface area contributed by atoms with Crippen molar-refractivity contribution in [3.05, 3.63) is 24.3 Å². The zero-order chi connectivity index (χ0) is 10.7. The molecule has 1 N–H and O–H groups in total. The number of allylic oxidation sites excluding steroid dienone is 2. The quantitative estimate of drug-likeness (QED) is 0.754. The summed E-state index contributed by atoms with van der Waals surface area (Å²) < 4.78 is 1.72. The lowest BCUT2D eigenvalue weighted by Gasteiger charge is -2.23. The van der Waals surface area contributed by atoms with Crippen molar-refractivity contribution in [1.82, 2.24) is 14.8 Å². The molecule has 2 rings (SSSR count). The molecule has 0 spiro atoms. The molecule has 1 aromatic rings. The van der Waals surface area contributed by atoms with E-state index < -0.39 is 0 Å². The Bertz CT molecular complexity index is 345. The third kappa shape index (κ3) is 2.45. The molecule has 0 amide bonds. The summed E-state index contributed by atoms with van der Waals surface area (Å²) in [4.78, 5) is 4.12. The molecule has 2 unspecified atom stereocenters. The number of aliphatic hydroxyl groups is 1. The van der Waals surface area contributed by atoms with Gasteiger partial charge in [0.2, 0.25) is 0 Å². The van der Waals surface area contributed by atoms with Gasteiger partial charge < -0.3 is 5.11 Å². The fourth-order valence-corrected chi connectivity index (χ4v) is 2.03. The Morgan fingerprint density at radius 3 is 3.07 bits per heavy atom. The summed E-state index contributed by atoms with van der Waals surface area (Å²) in [6.07, 6.45) is 9.34. The van der Waals surface area contributed by atoms with Crippen LogP contribution in [0.4, 0.5) is 0 Å². The Morgan fingerprint density at radius 1 is 1.60 bits per heavy atom. The molecule has 1 heterocycles.